The van der Waals surface area contributed by atoms with Crippen LogP contribution in [0.1, 0.15) is 25.0 Å². The first-order valence-corrected chi connectivity index (χ1v) is 17.7. The van der Waals surface area contributed by atoms with Crippen LogP contribution in [0.15, 0.2) is 158 Å². The molecule has 10 rings (SSSR count). The largest absolute Gasteiger partial charge is 0.310 e. The van der Waals surface area contributed by atoms with Gasteiger partial charge in [0.1, 0.15) is 5.01 Å². The number of hydrogen-bond acceptors (Lipinski definition) is 3. The third-order valence-corrected chi connectivity index (χ3v) is 11.6. The van der Waals surface area contributed by atoms with Crippen molar-refractivity contribution in [3.8, 4) is 54.5 Å². The summed E-state index contributed by atoms with van der Waals surface area (Å²) < 4.78 is 0. The third-order valence-electron chi connectivity index (χ3n) is 10.5. The predicted octanol–water partition coefficient (Wildman–Crippen LogP) is 13.1. The van der Waals surface area contributed by atoms with Crippen LogP contribution in [0, 0.1) is 0 Å². The Bertz CT molecular complexity index is 2530. The smallest absolute Gasteiger partial charge is 0.124 e. The highest BCUT2D eigenvalue weighted by atomic mass is 32.1. The summed E-state index contributed by atoms with van der Waals surface area (Å²) >= 11 is 1.79. The highest BCUT2D eigenvalue weighted by Gasteiger charge is 2.35. The lowest BCUT2D eigenvalue weighted by atomic mass is 9.82. The van der Waals surface area contributed by atoms with Gasteiger partial charge in [0.25, 0.3) is 0 Å². The van der Waals surface area contributed by atoms with Crippen LogP contribution < -0.4 is 4.90 Å². The minimum Gasteiger partial charge on any atom is -0.310 e. The number of aromatic nitrogens is 1. The monoisotopic (exact) mass is 644 g/mol. The molecule has 2 aliphatic rings. The lowest BCUT2D eigenvalue weighted by molar-refractivity contribution is 0.660. The van der Waals surface area contributed by atoms with Crippen molar-refractivity contribution in [3.63, 3.8) is 0 Å². The Kier molecular flexibility index (Phi) is 6.12. The molecular weight excluding hydrogens is 613 g/mol. The van der Waals surface area contributed by atoms with Gasteiger partial charge in [-0.3, -0.25) is 0 Å². The summed E-state index contributed by atoms with van der Waals surface area (Å²) in [5.74, 6) is 0. The summed E-state index contributed by atoms with van der Waals surface area (Å²) in [5.41, 5.74) is 16.1. The molecule has 8 aromatic rings. The zero-order valence-electron chi connectivity index (χ0n) is 27.3. The van der Waals surface area contributed by atoms with E-state index in [1.54, 1.807) is 11.3 Å². The summed E-state index contributed by atoms with van der Waals surface area (Å²) in [6.07, 6.45) is 0. The first-order chi connectivity index (χ1) is 24.1. The quantitative estimate of drug-likeness (QED) is 0.185. The van der Waals surface area contributed by atoms with Crippen LogP contribution in [-0.2, 0) is 5.41 Å². The molecular formula is C46H32N2S. The zero-order valence-corrected chi connectivity index (χ0v) is 28.1. The Labute approximate surface area is 290 Å². The standard InChI is InChI=1S/C46H32N2S/c1-46(2)40-19-10-9-16-35(40)36-25-24-33(28-41(36)46)48(31-14-7-4-8-15-31)32-22-20-29(21-23-32)34-26-27-39-42-37(34)17-11-18-38(42)43-44(39)49-45(47-43)30-12-5-3-6-13-30/h3-28H,1-2H3. The molecule has 2 nitrogen and oxygen atoms in total. The Hall–Kier alpha value is -5.77. The van der Waals surface area contributed by atoms with Crippen molar-refractivity contribution in [2.75, 3.05) is 4.90 Å². The Morgan fingerprint density at radius 1 is 0.490 bits per heavy atom. The number of benzene rings is 7. The fourth-order valence-corrected chi connectivity index (χ4v) is 9.20. The van der Waals surface area contributed by atoms with Crippen LogP contribution in [0.25, 0.3) is 65.3 Å². The molecule has 0 unspecified atom stereocenters. The van der Waals surface area contributed by atoms with E-state index in [4.69, 9.17) is 4.98 Å². The summed E-state index contributed by atoms with van der Waals surface area (Å²) in [6.45, 7) is 4.69. The van der Waals surface area contributed by atoms with E-state index in [9.17, 15) is 0 Å². The van der Waals surface area contributed by atoms with Gasteiger partial charge >= 0.3 is 0 Å². The van der Waals surface area contributed by atoms with Crippen molar-refractivity contribution < 1.29 is 0 Å². The summed E-state index contributed by atoms with van der Waals surface area (Å²) in [5, 5.41) is 3.66. The average molecular weight is 645 g/mol. The number of para-hydroxylation sites is 1. The van der Waals surface area contributed by atoms with Gasteiger partial charge in [-0.15, -0.1) is 11.3 Å². The maximum absolute atomic E-state index is 5.15. The van der Waals surface area contributed by atoms with Crippen LogP contribution in [0.5, 0.6) is 0 Å². The van der Waals surface area contributed by atoms with Crippen molar-refractivity contribution in [2.45, 2.75) is 19.3 Å². The van der Waals surface area contributed by atoms with Gasteiger partial charge in [-0.2, -0.15) is 0 Å². The van der Waals surface area contributed by atoms with Gasteiger partial charge in [-0.1, -0.05) is 135 Å². The molecule has 0 fully saturated rings. The zero-order chi connectivity index (χ0) is 32.7. The number of thiazole rings is 1. The number of nitrogens with zero attached hydrogens (tertiary/aromatic N) is 2. The molecule has 0 saturated carbocycles. The molecule has 1 aromatic heterocycles. The van der Waals surface area contributed by atoms with E-state index in [2.05, 4.69) is 176 Å². The number of fused-ring (bicyclic) bond motifs is 6. The highest BCUT2D eigenvalue weighted by molar-refractivity contribution is 7.19. The van der Waals surface area contributed by atoms with Crippen molar-refractivity contribution in [3.05, 3.63) is 169 Å². The van der Waals surface area contributed by atoms with E-state index < -0.39 is 0 Å². The second-order valence-corrected chi connectivity index (χ2v) is 14.6. The molecule has 7 aromatic carbocycles. The third kappa shape index (κ3) is 4.22. The normalized spacial score (nSPS) is 13.3. The molecule has 0 atom stereocenters. The van der Waals surface area contributed by atoms with E-state index in [1.165, 1.54) is 65.7 Å². The number of hydrogen-bond donors (Lipinski definition) is 0. The van der Waals surface area contributed by atoms with Crippen LogP contribution in [0.4, 0.5) is 17.1 Å². The minimum atomic E-state index is -0.0636. The van der Waals surface area contributed by atoms with Crippen LogP contribution >= 0.6 is 11.3 Å². The van der Waals surface area contributed by atoms with Crippen LogP contribution in [0.2, 0.25) is 0 Å². The molecule has 0 N–H and O–H groups in total. The van der Waals surface area contributed by atoms with Gasteiger partial charge in [-0.05, 0) is 75.2 Å². The molecule has 1 heterocycles. The minimum absolute atomic E-state index is 0.0636. The lowest BCUT2D eigenvalue weighted by Crippen LogP contribution is -2.16. The van der Waals surface area contributed by atoms with E-state index in [1.807, 2.05) is 0 Å². The van der Waals surface area contributed by atoms with Crippen LogP contribution in [0.3, 0.4) is 0 Å². The number of anilines is 3. The van der Waals surface area contributed by atoms with Crippen molar-refractivity contribution in [2.24, 2.45) is 0 Å². The molecule has 0 bridgehead atoms. The number of rotatable bonds is 5. The first-order valence-electron chi connectivity index (χ1n) is 16.9. The summed E-state index contributed by atoms with van der Waals surface area (Å²) in [4.78, 5) is 8.80. The molecule has 0 spiro atoms. The fraction of sp³-hybridized carbons (Fsp3) is 0.0652. The van der Waals surface area contributed by atoms with Gasteiger partial charge < -0.3 is 4.90 Å². The van der Waals surface area contributed by atoms with Crippen molar-refractivity contribution in [1.29, 1.82) is 0 Å². The second kappa shape index (κ2) is 10.6. The Morgan fingerprint density at radius 3 is 1.94 bits per heavy atom. The van der Waals surface area contributed by atoms with Gasteiger partial charge in [0.2, 0.25) is 0 Å². The summed E-state index contributed by atoms with van der Waals surface area (Å²) in [7, 11) is 0. The van der Waals surface area contributed by atoms with Gasteiger partial charge in [0.15, 0.2) is 0 Å². The molecule has 0 saturated heterocycles. The Balaban J connectivity index is 1.05. The molecule has 0 aliphatic heterocycles. The Morgan fingerprint density at radius 2 is 1.12 bits per heavy atom. The van der Waals surface area contributed by atoms with Crippen LogP contribution in [-0.4, -0.2) is 4.98 Å². The van der Waals surface area contributed by atoms with Gasteiger partial charge in [-0.25, -0.2) is 4.98 Å². The van der Waals surface area contributed by atoms with Crippen molar-refractivity contribution >= 4 is 39.2 Å². The van der Waals surface area contributed by atoms with Gasteiger partial charge in [0.05, 0.1) is 10.6 Å². The summed E-state index contributed by atoms with van der Waals surface area (Å²) in [6, 6.07) is 57.4. The molecule has 49 heavy (non-hydrogen) atoms. The van der Waals surface area contributed by atoms with E-state index in [0.29, 0.717) is 0 Å². The topological polar surface area (TPSA) is 16.1 Å². The maximum atomic E-state index is 5.15. The average Bonchev–Trinajstić information content (AvgIpc) is 3.79. The maximum Gasteiger partial charge on any atom is 0.124 e. The van der Waals surface area contributed by atoms with E-state index in [-0.39, 0.29) is 5.41 Å². The molecule has 3 heteroatoms. The molecule has 0 amide bonds. The molecule has 232 valence electrons. The molecule has 2 aliphatic carbocycles. The first kappa shape index (κ1) is 28.3. The fourth-order valence-electron chi connectivity index (χ4n) is 8.08. The van der Waals surface area contributed by atoms with E-state index >= 15 is 0 Å². The SMILES string of the molecule is CC1(C)c2ccccc2-c2ccc(N(c3ccccc3)c3ccc(-c4ccc5c6c(cccc46)-c4nc(-c6ccccc6)sc4-5)cc3)cc21. The second-order valence-electron chi connectivity index (χ2n) is 13.6. The van der Waals surface area contributed by atoms with Gasteiger partial charge in [0, 0.05) is 44.6 Å². The molecule has 0 radical (unpaired) electrons. The lowest BCUT2D eigenvalue weighted by Gasteiger charge is -2.28. The van der Waals surface area contributed by atoms with Crippen molar-refractivity contribution in [1.82, 2.24) is 4.98 Å². The highest BCUT2D eigenvalue weighted by Crippen LogP contribution is 2.53. The van der Waals surface area contributed by atoms with E-state index in [0.717, 1.165) is 27.8 Å². The predicted molar refractivity (Wildman–Crippen MR) is 207 cm³/mol.